The van der Waals surface area contributed by atoms with E-state index in [1.807, 2.05) is 28.2 Å². The predicted octanol–water partition coefficient (Wildman–Crippen LogP) is 1.68. The molecule has 1 N–H and O–H groups in total. The SMILES string of the molecule is CCNc1nc(C(=O)N2CCN(CC(=O)N3CCN(Cc4ccccc4)CC3)CC2)cs1. The number of thiazole rings is 1. The fourth-order valence-corrected chi connectivity index (χ4v) is 4.92. The molecule has 0 unspecified atom stereocenters. The number of carbonyl (C=O) groups excluding carboxylic acids is 2. The summed E-state index contributed by atoms with van der Waals surface area (Å²) >= 11 is 1.46. The molecule has 1 aromatic heterocycles. The minimum absolute atomic E-state index is 0.0223. The van der Waals surface area contributed by atoms with Gasteiger partial charge in [0, 0.05) is 70.8 Å². The summed E-state index contributed by atoms with van der Waals surface area (Å²) in [4.78, 5) is 38.3. The fraction of sp³-hybridized carbons (Fsp3) is 0.522. The van der Waals surface area contributed by atoms with Crippen LogP contribution in [0.1, 0.15) is 23.0 Å². The third-order valence-corrected chi connectivity index (χ3v) is 6.84. The molecule has 2 aliphatic heterocycles. The lowest BCUT2D eigenvalue weighted by atomic mass is 10.2. The number of aromatic nitrogens is 1. The van der Waals surface area contributed by atoms with Crippen molar-refractivity contribution in [2.24, 2.45) is 0 Å². The van der Waals surface area contributed by atoms with Crippen LogP contribution in [0, 0.1) is 0 Å². The summed E-state index contributed by atoms with van der Waals surface area (Å²) in [7, 11) is 0. The standard InChI is InChI=1S/C23H32N6O2S/c1-2-24-23-25-20(18-32-23)22(31)29-14-10-27(11-15-29)17-21(30)28-12-8-26(9-13-28)16-19-6-4-3-5-7-19/h3-7,18H,2,8-17H2,1H3,(H,24,25). The molecule has 2 aliphatic rings. The number of nitrogens with one attached hydrogen (secondary N) is 1. The van der Waals surface area contributed by atoms with E-state index in [0.29, 0.717) is 25.3 Å². The average molecular weight is 457 g/mol. The first-order valence-corrected chi connectivity index (χ1v) is 12.3. The van der Waals surface area contributed by atoms with Gasteiger partial charge in [-0.05, 0) is 12.5 Å². The zero-order valence-electron chi connectivity index (χ0n) is 18.7. The summed E-state index contributed by atoms with van der Waals surface area (Å²) in [5, 5.41) is 5.74. The van der Waals surface area contributed by atoms with Gasteiger partial charge in [-0.15, -0.1) is 11.3 Å². The van der Waals surface area contributed by atoms with Crippen LogP contribution in [0.5, 0.6) is 0 Å². The van der Waals surface area contributed by atoms with Crippen molar-refractivity contribution in [3.63, 3.8) is 0 Å². The minimum atomic E-state index is -0.0223. The summed E-state index contributed by atoms with van der Waals surface area (Å²) in [5.41, 5.74) is 1.82. The predicted molar refractivity (Wildman–Crippen MR) is 127 cm³/mol. The Morgan fingerprint density at radius 2 is 1.59 bits per heavy atom. The van der Waals surface area contributed by atoms with Crippen molar-refractivity contribution >= 4 is 28.3 Å². The third-order valence-electron chi connectivity index (χ3n) is 6.04. The van der Waals surface area contributed by atoms with E-state index >= 15 is 0 Å². The van der Waals surface area contributed by atoms with Gasteiger partial charge in [0.1, 0.15) is 5.69 Å². The van der Waals surface area contributed by atoms with Crippen molar-refractivity contribution in [3.8, 4) is 0 Å². The van der Waals surface area contributed by atoms with Crippen LogP contribution >= 0.6 is 11.3 Å². The summed E-state index contributed by atoms with van der Waals surface area (Å²) in [6.07, 6.45) is 0. The van der Waals surface area contributed by atoms with Crippen LogP contribution in [0.3, 0.4) is 0 Å². The van der Waals surface area contributed by atoms with Gasteiger partial charge >= 0.3 is 0 Å². The molecule has 9 heteroatoms. The highest BCUT2D eigenvalue weighted by atomic mass is 32.1. The van der Waals surface area contributed by atoms with E-state index in [-0.39, 0.29) is 11.8 Å². The van der Waals surface area contributed by atoms with Gasteiger partial charge in [0.15, 0.2) is 5.13 Å². The van der Waals surface area contributed by atoms with Gasteiger partial charge in [0.05, 0.1) is 6.54 Å². The van der Waals surface area contributed by atoms with Crippen LogP contribution in [0.25, 0.3) is 0 Å². The second-order valence-corrected chi connectivity index (χ2v) is 9.14. The lowest BCUT2D eigenvalue weighted by Crippen LogP contribution is -2.54. The van der Waals surface area contributed by atoms with Gasteiger partial charge in [-0.25, -0.2) is 4.98 Å². The van der Waals surface area contributed by atoms with Crippen molar-refractivity contribution in [2.75, 3.05) is 70.8 Å². The topological polar surface area (TPSA) is 72.0 Å². The zero-order valence-corrected chi connectivity index (χ0v) is 19.5. The molecule has 0 atom stereocenters. The second-order valence-electron chi connectivity index (χ2n) is 8.28. The van der Waals surface area contributed by atoms with Gasteiger partial charge in [0.2, 0.25) is 5.91 Å². The van der Waals surface area contributed by atoms with Crippen molar-refractivity contribution in [3.05, 3.63) is 47.0 Å². The molecular formula is C23H32N6O2S. The maximum absolute atomic E-state index is 12.8. The Morgan fingerprint density at radius 1 is 0.938 bits per heavy atom. The normalized spacial score (nSPS) is 18.0. The van der Waals surface area contributed by atoms with E-state index in [2.05, 4.69) is 44.4 Å². The van der Waals surface area contributed by atoms with E-state index in [0.717, 1.165) is 57.5 Å². The van der Waals surface area contributed by atoms with E-state index in [1.54, 1.807) is 0 Å². The fourth-order valence-electron chi connectivity index (χ4n) is 4.16. The molecule has 0 aliphatic carbocycles. The molecule has 4 rings (SSSR count). The molecule has 8 nitrogen and oxygen atoms in total. The van der Waals surface area contributed by atoms with Gasteiger partial charge < -0.3 is 15.1 Å². The molecule has 0 bridgehead atoms. The quantitative estimate of drug-likeness (QED) is 0.684. The molecule has 172 valence electrons. The Labute approximate surface area is 193 Å². The third kappa shape index (κ3) is 5.85. The molecule has 0 radical (unpaired) electrons. The number of rotatable bonds is 7. The zero-order chi connectivity index (χ0) is 22.3. The van der Waals surface area contributed by atoms with Gasteiger partial charge in [-0.1, -0.05) is 30.3 Å². The Kier molecular flexibility index (Phi) is 7.72. The van der Waals surface area contributed by atoms with Crippen molar-refractivity contribution < 1.29 is 9.59 Å². The highest BCUT2D eigenvalue weighted by Gasteiger charge is 2.27. The Bertz CT molecular complexity index is 889. The molecule has 2 amide bonds. The van der Waals surface area contributed by atoms with Crippen LogP contribution in [-0.4, -0.2) is 102 Å². The Hall–Kier alpha value is -2.49. The Balaban J connectivity index is 1.18. The second kappa shape index (κ2) is 10.9. The molecular weight excluding hydrogens is 424 g/mol. The minimum Gasteiger partial charge on any atom is -0.362 e. The summed E-state index contributed by atoms with van der Waals surface area (Å²) in [6.45, 7) is 10.2. The van der Waals surface area contributed by atoms with Crippen LogP contribution in [0.15, 0.2) is 35.7 Å². The van der Waals surface area contributed by atoms with Crippen LogP contribution in [0.4, 0.5) is 5.13 Å². The highest BCUT2D eigenvalue weighted by molar-refractivity contribution is 7.13. The maximum Gasteiger partial charge on any atom is 0.273 e. The van der Waals surface area contributed by atoms with Gasteiger partial charge in [-0.3, -0.25) is 19.4 Å². The molecule has 32 heavy (non-hydrogen) atoms. The summed E-state index contributed by atoms with van der Waals surface area (Å²) < 4.78 is 0. The number of hydrogen-bond donors (Lipinski definition) is 1. The first kappa shape index (κ1) is 22.7. The van der Waals surface area contributed by atoms with Crippen LogP contribution in [-0.2, 0) is 11.3 Å². The van der Waals surface area contributed by atoms with E-state index in [4.69, 9.17) is 0 Å². The van der Waals surface area contributed by atoms with E-state index in [9.17, 15) is 9.59 Å². The monoisotopic (exact) mass is 456 g/mol. The molecule has 3 heterocycles. The molecule has 0 spiro atoms. The van der Waals surface area contributed by atoms with Crippen LogP contribution in [0.2, 0.25) is 0 Å². The number of hydrogen-bond acceptors (Lipinski definition) is 7. The maximum atomic E-state index is 12.8. The number of carbonyl (C=O) groups is 2. The number of amides is 2. The summed E-state index contributed by atoms with van der Waals surface area (Å²) in [6, 6.07) is 10.5. The number of piperazine rings is 2. The largest absolute Gasteiger partial charge is 0.362 e. The first-order chi connectivity index (χ1) is 15.6. The Morgan fingerprint density at radius 3 is 2.28 bits per heavy atom. The van der Waals surface area contributed by atoms with E-state index < -0.39 is 0 Å². The summed E-state index contributed by atoms with van der Waals surface area (Å²) in [5.74, 6) is 0.171. The van der Waals surface area contributed by atoms with Crippen molar-refractivity contribution in [1.82, 2.24) is 24.6 Å². The number of benzene rings is 1. The first-order valence-electron chi connectivity index (χ1n) is 11.4. The number of nitrogens with zero attached hydrogens (tertiary/aromatic N) is 5. The lowest BCUT2D eigenvalue weighted by molar-refractivity contribution is -0.134. The van der Waals surface area contributed by atoms with Gasteiger partial charge in [0.25, 0.3) is 5.91 Å². The van der Waals surface area contributed by atoms with Crippen LogP contribution < -0.4 is 5.32 Å². The van der Waals surface area contributed by atoms with E-state index in [1.165, 1.54) is 16.9 Å². The lowest BCUT2D eigenvalue weighted by Gasteiger charge is -2.38. The molecule has 2 fully saturated rings. The van der Waals surface area contributed by atoms with Crippen molar-refractivity contribution in [2.45, 2.75) is 13.5 Å². The smallest absolute Gasteiger partial charge is 0.273 e. The molecule has 0 saturated carbocycles. The average Bonchev–Trinajstić information content (AvgIpc) is 3.29. The number of anilines is 1. The van der Waals surface area contributed by atoms with Gasteiger partial charge in [-0.2, -0.15) is 0 Å². The molecule has 2 aromatic rings. The highest BCUT2D eigenvalue weighted by Crippen LogP contribution is 2.17. The molecule has 2 saturated heterocycles. The molecule has 1 aromatic carbocycles. The van der Waals surface area contributed by atoms with Crippen molar-refractivity contribution in [1.29, 1.82) is 0 Å².